The van der Waals surface area contributed by atoms with Gasteiger partial charge in [-0.15, -0.1) is 0 Å². The maximum Gasteiger partial charge on any atom is 0.258 e. The second-order valence-electron chi connectivity index (χ2n) is 5.06. The van der Waals surface area contributed by atoms with Crippen LogP contribution in [-0.4, -0.2) is 26.7 Å². The average molecular weight is 293 g/mol. The molecule has 0 heterocycles. The monoisotopic (exact) mass is 293 g/mol. The summed E-state index contributed by atoms with van der Waals surface area (Å²) in [5.74, 6) is 0.933. The summed E-state index contributed by atoms with van der Waals surface area (Å²) in [4.78, 5) is 12.3. The molecule has 1 rings (SSSR count). The first-order valence-corrected chi connectivity index (χ1v) is 7.73. The molecule has 1 N–H and O–H groups in total. The van der Waals surface area contributed by atoms with E-state index >= 15 is 0 Å². The maximum atomic E-state index is 12.3. The molecule has 0 fully saturated rings. The second-order valence-corrected chi connectivity index (χ2v) is 5.06. The number of unbranched alkanes of at least 4 members (excludes halogenated alkanes) is 5. The van der Waals surface area contributed by atoms with Gasteiger partial charge in [0, 0.05) is 6.54 Å². The fourth-order valence-corrected chi connectivity index (χ4v) is 2.27. The summed E-state index contributed by atoms with van der Waals surface area (Å²) in [5, 5.41) is 2.94. The van der Waals surface area contributed by atoms with Crippen molar-refractivity contribution in [3.63, 3.8) is 0 Å². The zero-order valence-corrected chi connectivity index (χ0v) is 13.4. The van der Waals surface area contributed by atoms with Crippen LogP contribution in [0.3, 0.4) is 0 Å². The van der Waals surface area contributed by atoms with Crippen LogP contribution >= 0.6 is 0 Å². The molecule has 0 saturated heterocycles. The first-order chi connectivity index (χ1) is 10.2. The van der Waals surface area contributed by atoms with Gasteiger partial charge < -0.3 is 14.8 Å². The Morgan fingerprint density at radius 2 is 1.57 bits per heavy atom. The number of hydrogen-bond donors (Lipinski definition) is 1. The third-order valence-electron chi connectivity index (χ3n) is 3.47. The van der Waals surface area contributed by atoms with Gasteiger partial charge in [-0.3, -0.25) is 4.79 Å². The predicted molar refractivity (Wildman–Crippen MR) is 85.3 cm³/mol. The van der Waals surface area contributed by atoms with E-state index in [0.717, 1.165) is 12.8 Å². The number of methoxy groups -OCH3 is 2. The van der Waals surface area contributed by atoms with E-state index in [0.29, 0.717) is 23.6 Å². The van der Waals surface area contributed by atoms with Crippen LogP contribution in [0.4, 0.5) is 0 Å². The normalized spacial score (nSPS) is 10.2. The third kappa shape index (κ3) is 5.66. The van der Waals surface area contributed by atoms with Crippen molar-refractivity contribution in [2.75, 3.05) is 20.8 Å². The van der Waals surface area contributed by atoms with Crippen molar-refractivity contribution in [1.29, 1.82) is 0 Å². The second kappa shape index (κ2) is 10.1. The van der Waals surface area contributed by atoms with E-state index in [2.05, 4.69) is 12.2 Å². The summed E-state index contributed by atoms with van der Waals surface area (Å²) in [6.07, 6.45) is 7.23. The average Bonchev–Trinajstić information content (AvgIpc) is 2.52. The number of carbonyl (C=O) groups is 1. The number of hydrogen-bond acceptors (Lipinski definition) is 3. The molecule has 4 heteroatoms. The summed E-state index contributed by atoms with van der Waals surface area (Å²) in [6.45, 7) is 2.90. The van der Waals surface area contributed by atoms with Crippen molar-refractivity contribution in [3.8, 4) is 11.5 Å². The number of ether oxygens (including phenoxy) is 2. The largest absolute Gasteiger partial charge is 0.496 e. The molecular weight excluding hydrogens is 266 g/mol. The van der Waals surface area contributed by atoms with Gasteiger partial charge in [0.15, 0.2) is 0 Å². The first-order valence-electron chi connectivity index (χ1n) is 7.73. The molecule has 0 radical (unpaired) electrons. The number of amides is 1. The zero-order chi connectivity index (χ0) is 15.5. The molecule has 1 amide bonds. The van der Waals surface area contributed by atoms with Gasteiger partial charge in [-0.25, -0.2) is 0 Å². The Labute approximate surface area is 127 Å². The van der Waals surface area contributed by atoms with Gasteiger partial charge in [0.25, 0.3) is 5.91 Å². The van der Waals surface area contributed by atoms with Crippen LogP contribution in [0.5, 0.6) is 11.5 Å². The minimum Gasteiger partial charge on any atom is -0.496 e. The minimum atomic E-state index is -0.141. The van der Waals surface area contributed by atoms with E-state index in [-0.39, 0.29) is 5.91 Å². The standard InChI is InChI=1S/C17H27NO3/c1-4-5-6-7-8-9-13-18-17(19)16-14(20-2)11-10-12-15(16)21-3/h10-12H,4-9,13H2,1-3H3,(H,18,19). The molecule has 1 aromatic carbocycles. The van der Waals surface area contributed by atoms with Gasteiger partial charge in [-0.1, -0.05) is 45.1 Å². The number of nitrogens with one attached hydrogen (secondary N) is 1. The van der Waals surface area contributed by atoms with Crippen LogP contribution in [0.15, 0.2) is 18.2 Å². The Balaban J connectivity index is 2.45. The molecule has 1 aromatic rings. The van der Waals surface area contributed by atoms with Crippen molar-refractivity contribution in [2.45, 2.75) is 45.4 Å². The highest BCUT2D eigenvalue weighted by molar-refractivity contribution is 5.99. The van der Waals surface area contributed by atoms with E-state index < -0.39 is 0 Å². The number of carbonyl (C=O) groups excluding carboxylic acids is 1. The fourth-order valence-electron chi connectivity index (χ4n) is 2.27. The van der Waals surface area contributed by atoms with Crippen LogP contribution in [-0.2, 0) is 0 Å². The molecule has 0 aliphatic heterocycles. The van der Waals surface area contributed by atoms with Crippen molar-refractivity contribution in [1.82, 2.24) is 5.32 Å². The summed E-state index contributed by atoms with van der Waals surface area (Å²) < 4.78 is 10.5. The quantitative estimate of drug-likeness (QED) is 0.668. The van der Waals surface area contributed by atoms with E-state index in [1.807, 2.05) is 6.07 Å². The van der Waals surface area contributed by atoms with Crippen molar-refractivity contribution in [2.24, 2.45) is 0 Å². The number of benzene rings is 1. The van der Waals surface area contributed by atoms with E-state index in [1.165, 1.54) is 25.7 Å². The highest BCUT2D eigenvalue weighted by atomic mass is 16.5. The van der Waals surface area contributed by atoms with Crippen LogP contribution < -0.4 is 14.8 Å². The lowest BCUT2D eigenvalue weighted by Crippen LogP contribution is -2.25. The SMILES string of the molecule is CCCCCCCCNC(=O)c1c(OC)cccc1OC. The van der Waals surface area contributed by atoms with E-state index in [1.54, 1.807) is 26.4 Å². The Morgan fingerprint density at radius 3 is 2.14 bits per heavy atom. The summed E-state index contributed by atoms with van der Waals surface area (Å²) in [7, 11) is 3.11. The highest BCUT2D eigenvalue weighted by Gasteiger charge is 2.17. The molecule has 0 spiro atoms. The molecule has 0 aliphatic carbocycles. The lowest BCUT2D eigenvalue weighted by atomic mass is 10.1. The first kappa shape index (κ1) is 17.3. The molecule has 0 atom stereocenters. The lowest BCUT2D eigenvalue weighted by Gasteiger charge is -2.12. The molecular formula is C17H27NO3. The van der Waals surface area contributed by atoms with Crippen LogP contribution in [0.1, 0.15) is 55.8 Å². The fraction of sp³-hybridized carbons (Fsp3) is 0.588. The Bertz CT molecular complexity index is 410. The topological polar surface area (TPSA) is 47.6 Å². The Morgan fingerprint density at radius 1 is 1.00 bits per heavy atom. The molecule has 0 bridgehead atoms. The van der Waals surface area contributed by atoms with Crippen LogP contribution in [0, 0.1) is 0 Å². The summed E-state index contributed by atoms with van der Waals surface area (Å²) in [6, 6.07) is 5.34. The van der Waals surface area contributed by atoms with Gasteiger partial charge in [0.1, 0.15) is 17.1 Å². The van der Waals surface area contributed by atoms with Gasteiger partial charge in [0.2, 0.25) is 0 Å². The number of rotatable bonds is 10. The molecule has 0 aromatic heterocycles. The van der Waals surface area contributed by atoms with Crippen LogP contribution in [0.25, 0.3) is 0 Å². The predicted octanol–water partition coefficient (Wildman–Crippen LogP) is 3.79. The summed E-state index contributed by atoms with van der Waals surface area (Å²) in [5.41, 5.74) is 0.466. The van der Waals surface area contributed by atoms with Crippen LogP contribution in [0.2, 0.25) is 0 Å². The van der Waals surface area contributed by atoms with E-state index in [9.17, 15) is 4.79 Å². The third-order valence-corrected chi connectivity index (χ3v) is 3.47. The van der Waals surface area contributed by atoms with Gasteiger partial charge >= 0.3 is 0 Å². The zero-order valence-electron chi connectivity index (χ0n) is 13.4. The van der Waals surface area contributed by atoms with Crippen molar-refractivity contribution in [3.05, 3.63) is 23.8 Å². The molecule has 0 unspecified atom stereocenters. The smallest absolute Gasteiger partial charge is 0.258 e. The van der Waals surface area contributed by atoms with Gasteiger partial charge in [0.05, 0.1) is 14.2 Å². The highest BCUT2D eigenvalue weighted by Crippen LogP contribution is 2.27. The van der Waals surface area contributed by atoms with Gasteiger partial charge in [-0.2, -0.15) is 0 Å². The Hall–Kier alpha value is -1.71. The van der Waals surface area contributed by atoms with Gasteiger partial charge in [-0.05, 0) is 18.6 Å². The van der Waals surface area contributed by atoms with Crippen molar-refractivity contribution < 1.29 is 14.3 Å². The molecule has 118 valence electrons. The molecule has 21 heavy (non-hydrogen) atoms. The van der Waals surface area contributed by atoms with Crippen molar-refractivity contribution >= 4 is 5.91 Å². The summed E-state index contributed by atoms with van der Waals surface area (Å²) >= 11 is 0. The molecule has 0 saturated carbocycles. The maximum absolute atomic E-state index is 12.3. The van der Waals surface area contributed by atoms with E-state index in [4.69, 9.17) is 9.47 Å². The minimum absolute atomic E-state index is 0.141. The molecule has 0 aliphatic rings. The molecule has 4 nitrogen and oxygen atoms in total. The lowest BCUT2D eigenvalue weighted by molar-refractivity contribution is 0.0946. The Kier molecular flexibility index (Phi) is 8.32.